The Morgan fingerprint density at radius 2 is 2.17 bits per heavy atom. The number of nitro groups is 1. The zero-order valence-corrected chi connectivity index (χ0v) is 10.5. The second-order valence-electron chi connectivity index (χ2n) is 4.90. The number of rotatable bonds is 1. The molecule has 0 aromatic heterocycles. The largest absolute Gasteiger partial charge is 0.452 e. The van der Waals surface area contributed by atoms with Gasteiger partial charge in [-0.25, -0.2) is 4.79 Å². The Hall–Kier alpha value is -2.11. The minimum Gasteiger partial charge on any atom is -0.452 e. The number of carbonyl (C=O) groups is 1. The maximum atomic E-state index is 11.7. The summed E-state index contributed by atoms with van der Waals surface area (Å²) in [6.07, 6.45) is -0.498. The number of amides is 1. The van der Waals surface area contributed by atoms with Gasteiger partial charge in [0, 0.05) is 24.1 Å². The molecule has 0 saturated heterocycles. The average Bonchev–Trinajstić information content (AvgIpc) is 2.60. The summed E-state index contributed by atoms with van der Waals surface area (Å²) < 4.78 is 4.70. The van der Waals surface area contributed by atoms with Crippen LogP contribution in [-0.4, -0.2) is 24.7 Å². The first-order valence-corrected chi connectivity index (χ1v) is 5.51. The van der Waals surface area contributed by atoms with Crippen molar-refractivity contribution in [1.82, 2.24) is 0 Å². The summed E-state index contributed by atoms with van der Waals surface area (Å²) in [6.45, 7) is 4.43. The summed E-state index contributed by atoms with van der Waals surface area (Å²) in [5, 5.41) is 10.8. The smallest absolute Gasteiger partial charge is 0.414 e. The van der Waals surface area contributed by atoms with Crippen LogP contribution >= 0.6 is 0 Å². The number of hydrogen-bond acceptors (Lipinski definition) is 4. The number of methoxy groups -OCH3 is 1. The molecule has 0 fully saturated rings. The highest BCUT2D eigenvalue weighted by Gasteiger charge is 2.39. The van der Waals surface area contributed by atoms with Gasteiger partial charge < -0.3 is 4.74 Å². The Bertz CT molecular complexity index is 525. The topological polar surface area (TPSA) is 72.7 Å². The van der Waals surface area contributed by atoms with E-state index in [9.17, 15) is 14.9 Å². The van der Waals surface area contributed by atoms with Gasteiger partial charge in [-0.05, 0) is 11.6 Å². The standard InChI is InChI=1S/C12H14N2O4/c1-12(2)7-13(11(15)18-3)10-6-8(14(16)17)4-5-9(10)12/h4-6H,7H2,1-3H3. The van der Waals surface area contributed by atoms with E-state index in [0.29, 0.717) is 12.2 Å². The molecule has 6 heteroatoms. The molecule has 0 N–H and O–H groups in total. The molecule has 1 aliphatic rings. The molecule has 0 aliphatic carbocycles. The van der Waals surface area contributed by atoms with Gasteiger partial charge in [0.2, 0.25) is 0 Å². The van der Waals surface area contributed by atoms with E-state index >= 15 is 0 Å². The van der Waals surface area contributed by atoms with Crippen LogP contribution in [0, 0.1) is 10.1 Å². The highest BCUT2D eigenvalue weighted by atomic mass is 16.6. The van der Waals surface area contributed by atoms with Crippen molar-refractivity contribution in [2.45, 2.75) is 19.3 Å². The number of hydrogen-bond donors (Lipinski definition) is 0. The molecule has 0 bridgehead atoms. The van der Waals surface area contributed by atoms with Crippen molar-refractivity contribution in [1.29, 1.82) is 0 Å². The minimum atomic E-state index is -0.498. The van der Waals surface area contributed by atoms with E-state index in [1.54, 1.807) is 6.07 Å². The van der Waals surface area contributed by atoms with Gasteiger partial charge in [-0.3, -0.25) is 15.0 Å². The zero-order chi connectivity index (χ0) is 13.5. The van der Waals surface area contributed by atoms with Crippen molar-refractivity contribution >= 4 is 17.5 Å². The first-order chi connectivity index (χ1) is 8.36. The number of fused-ring (bicyclic) bond motifs is 1. The van der Waals surface area contributed by atoms with Crippen LogP contribution in [0.25, 0.3) is 0 Å². The molecule has 96 valence electrons. The fraction of sp³-hybridized carbons (Fsp3) is 0.417. The fourth-order valence-corrected chi connectivity index (χ4v) is 2.27. The molecule has 0 radical (unpaired) electrons. The number of nitro benzene ring substituents is 1. The molecule has 0 unspecified atom stereocenters. The predicted octanol–water partition coefficient (Wildman–Crippen LogP) is 2.46. The second-order valence-corrected chi connectivity index (χ2v) is 4.90. The lowest BCUT2D eigenvalue weighted by atomic mass is 9.87. The Morgan fingerprint density at radius 1 is 1.50 bits per heavy atom. The molecule has 1 aromatic rings. The van der Waals surface area contributed by atoms with E-state index in [-0.39, 0.29) is 11.1 Å². The third kappa shape index (κ3) is 1.79. The second kappa shape index (κ2) is 3.97. The lowest BCUT2D eigenvalue weighted by Gasteiger charge is -2.19. The third-order valence-corrected chi connectivity index (χ3v) is 3.16. The highest BCUT2D eigenvalue weighted by Crippen LogP contribution is 2.42. The molecule has 0 saturated carbocycles. The van der Waals surface area contributed by atoms with Crippen LogP contribution in [-0.2, 0) is 10.2 Å². The Labute approximate surface area is 104 Å². The van der Waals surface area contributed by atoms with Gasteiger partial charge in [0.1, 0.15) is 0 Å². The number of carbonyl (C=O) groups excluding carboxylic acids is 1. The lowest BCUT2D eigenvalue weighted by Crippen LogP contribution is -2.33. The molecular weight excluding hydrogens is 236 g/mol. The van der Waals surface area contributed by atoms with E-state index in [2.05, 4.69) is 0 Å². The summed E-state index contributed by atoms with van der Waals surface area (Å²) in [5.74, 6) is 0. The van der Waals surface area contributed by atoms with Crippen LogP contribution < -0.4 is 4.90 Å². The summed E-state index contributed by atoms with van der Waals surface area (Å²) >= 11 is 0. The summed E-state index contributed by atoms with van der Waals surface area (Å²) in [5.41, 5.74) is 1.21. The zero-order valence-electron chi connectivity index (χ0n) is 10.5. The van der Waals surface area contributed by atoms with E-state index in [1.165, 1.54) is 24.1 Å². The van der Waals surface area contributed by atoms with Crippen molar-refractivity contribution < 1.29 is 14.5 Å². The summed E-state index contributed by atoms with van der Waals surface area (Å²) in [6, 6.07) is 4.58. The van der Waals surface area contributed by atoms with Crippen LogP contribution in [0.5, 0.6) is 0 Å². The quantitative estimate of drug-likeness (QED) is 0.567. The van der Waals surface area contributed by atoms with Crippen LogP contribution in [0.1, 0.15) is 19.4 Å². The van der Waals surface area contributed by atoms with Crippen molar-refractivity contribution in [3.8, 4) is 0 Å². The molecule has 18 heavy (non-hydrogen) atoms. The molecule has 6 nitrogen and oxygen atoms in total. The number of non-ortho nitro benzene ring substituents is 1. The monoisotopic (exact) mass is 250 g/mol. The van der Waals surface area contributed by atoms with Gasteiger partial charge >= 0.3 is 6.09 Å². The normalized spacial score (nSPS) is 16.3. The third-order valence-electron chi connectivity index (χ3n) is 3.16. The van der Waals surface area contributed by atoms with E-state index in [4.69, 9.17) is 4.74 Å². The number of nitrogens with zero attached hydrogens (tertiary/aromatic N) is 2. The van der Waals surface area contributed by atoms with E-state index in [0.717, 1.165) is 5.56 Å². The molecule has 1 aromatic carbocycles. The van der Waals surface area contributed by atoms with E-state index in [1.807, 2.05) is 13.8 Å². The SMILES string of the molecule is COC(=O)N1CC(C)(C)c2ccc([N+](=O)[O-])cc21. The molecule has 0 spiro atoms. The predicted molar refractivity (Wildman–Crippen MR) is 65.9 cm³/mol. The molecule has 0 atom stereocenters. The van der Waals surface area contributed by atoms with Crippen LogP contribution in [0.2, 0.25) is 0 Å². The number of ether oxygens (including phenoxy) is 1. The van der Waals surface area contributed by atoms with E-state index < -0.39 is 11.0 Å². The number of anilines is 1. The van der Waals surface area contributed by atoms with Gasteiger partial charge in [-0.1, -0.05) is 13.8 Å². The van der Waals surface area contributed by atoms with Gasteiger partial charge in [0.05, 0.1) is 17.7 Å². The number of benzene rings is 1. The Morgan fingerprint density at radius 3 is 2.72 bits per heavy atom. The average molecular weight is 250 g/mol. The van der Waals surface area contributed by atoms with Crippen LogP contribution in [0.3, 0.4) is 0 Å². The maximum Gasteiger partial charge on any atom is 0.414 e. The van der Waals surface area contributed by atoms with Gasteiger partial charge in [-0.15, -0.1) is 0 Å². The fourth-order valence-electron chi connectivity index (χ4n) is 2.27. The lowest BCUT2D eigenvalue weighted by molar-refractivity contribution is -0.384. The minimum absolute atomic E-state index is 0.0275. The van der Waals surface area contributed by atoms with Gasteiger partial charge in [0.25, 0.3) is 5.69 Å². The van der Waals surface area contributed by atoms with Crippen molar-refractivity contribution in [3.05, 3.63) is 33.9 Å². The molecule has 2 rings (SSSR count). The molecule has 1 amide bonds. The first-order valence-electron chi connectivity index (χ1n) is 5.51. The summed E-state index contributed by atoms with van der Waals surface area (Å²) in [4.78, 5) is 23.4. The molecular formula is C12H14N2O4. The van der Waals surface area contributed by atoms with Crippen molar-refractivity contribution in [3.63, 3.8) is 0 Å². The highest BCUT2D eigenvalue weighted by molar-refractivity contribution is 5.91. The first kappa shape index (κ1) is 12.3. The Kier molecular flexibility index (Phi) is 2.73. The van der Waals surface area contributed by atoms with Gasteiger partial charge in [-0.2, -0.15) is 0 Å². The van der Waals surface area contributed by atoms with Crippen molar-refractivity contribution in [2.75, 3.05) is 18.6 Å². The van der Waals surface area contributed by atoms with Gasteiger partial charge in [0.15, 0.2) is 0 Å². The van der Waals surface area contributed by atoms with Crippen molar-refractivity contribution in [2.24, 2.45) is 0 Å². The Balaban J connectivity index is 2.54. The van der Waals surface area contributed by atoms with Crippen LogP contribution in [0.4, 0.5) is 16.2 Å². The molecule has 1 heterocycles. The molecule has 1 aliphatic heterocycles. The van der Waals surface area contributed by atoms with Crippen LogP contribution in [0.15, 0.2) is 18.2 Å². The maximum absolute atomic E-state index is 11.7. The summed E-state index contributed by atoms with van der Waals surface area (Å²) in [7, 11) is 1.30.